The number of nitrogens with zero attached hydrogens (tertiary/aromatic N) is 1. The number of amides is 2. The number of likely N-dealkylation sites (N-methyl/N-ethyl adjacent to an activating group) is 1. The lowest BCUT2D eigenvalue weighted by Gasteiger charge is -2.20. The van der Waals surface area contributed by atoms with E-state index in [-0.39, 0.29) is 11.9 Å². The average molecular weight is 227 g/mol. The summed E-state index contributed by atoms with van der Waals surface area (Å²) in [5.41, 5.74) is 4.84. The lowest BCUT2D eigenvalue weighted by atomic mass is 10.1. The third-order valence-corrected chi connectivity index (χ3v) is 2.82. The van der Waals surface area contributed by atoms with Crippen LogP contribution in [0.15, 0.2) is 0 Å². The number of carbonyl (C=O) groups excluding carboxylic acids is 3. The molecule has 0 saturated carbocycles. The number of ketones is 1. The molecule has 0 aromatic rings. The minimum Gasteiger partial charge on any atom is -0.363 e. The maximum absolute atomic E-state index is 11.7. The average Bonchev–Trinajstić information content (AvgIpc) is 2.62. The Morgan fingerprint density at radius 1 is 1.44 bits per heavy atom. The predicted octanol–water partition coefficient (Wildman–Crippen LogP) is -1.36. The van der Waals surface area contributed by atoms with Gasteiger partial charge in [-0.1, -0.05) is 0 Å². The molecule has 6 nitrogen and oxygen atoms in total. The second kappa shape index (κ2) is 5.07. The topological polar surface area (TPSA) is 92.5 Å². The Labute approximate surface area is 94.2 Å². The number of primary amides is 1. The zero-order valence-corrected chi connectivity index (χ0v) is 9.53. The molecule has 0 aromatic carbocycles. The van der Waals surface area contributed by atoms with Gasteiger partial charge in [-0.05, 0) is 33.4 Å². The Hall–Kier alpha value is -1.43. The van der Waals surface area contributed by atoms with Gasteiger partial charge in [0.2, 0.25) is 11.7 Å². The highest BCUT2D eigenvalue weighted by Crippen LogP contribution is 2.14. The van der Waals surface area contributed by atoms with Crippen molar-refractivity contribution in [2.24, 2.45) is 5.73 Å². The molecular weight excluding hydrogens is 210 g/mol. The molecule has 1 heterocycles. The van der Waals surface area contributed by atoms with E-state index in [1.54, 1.807) is 0 Å². The van der Waals surface area contributed by atoms with Crippen molar-refractivity contribution in [3.63, 3.8) is 0 Å². The summed E-state index contributed by atoms with van der Waals surface area (Å²) in [5, 5.41) is 2.50. The van der Waals surface area contributed by atoms with Gasteiger partial charge in [-0.15, -0.1) is 0 Å². The minimum atomic E-state index is -1.02. The van der Waals surface area contributed by atoms with Crippen molar-refractivity contribution < 1.29 is 14.4 Å². The first-order chi connectivity index (χ1) is 7.43. The lowest BCUT2D eigenvalue weighted by Crippen LogP contribution is -2.49. The fourth-order valence-corrected chi connectivity index (χ4v) is 1.83. The highest BCUT2D eigenvalue weighted by molar-refractivity contribution is 6.37. The van der Waals surface area contributed by atoms with Crippen molar-refractivity contribution in [3.8, 4) is 0 Å². The van der Waals surface area contributed by atoms with Crippen LogP contribution in [0.5, 0.6) is 0 Å². The Bertz CT molecular complexity index is 316. The molecule has 1 fully saturated rings. The van der Waals surface area contributed by atoms with E-state index in [2.05, 4.69) is 5.32 Å². The number of rotatable bonds is 4. The third kappa shape index (κ3) is 2.79. The maximum atomic E-state index is 11.7. The summed E-state index contributed by atoms with van der Waals surface area (Å²) in [6.07, 6.45) is 1.74. The third-order valence-electron chi connectivity index (χ3n) is 2.82. The summed E-state index contributed by atoms with van der Waals surface area (Å²) in [6, 6.07) is -1.05. The molecule has 0 bridgehead atoms. The van der Waals surface area contributed by atoms with E-state index < -0.39 is 17.7 Å². The molecule has 6 heteroatoms. The molecule has 2 unspecified atom stereocenters. The van der Waals surface area contributed by atoms with Gasteiger partial charge in [0.1, 0.15) is 0 Å². The molecule has 0 radical (unpaired) electrons. The fourth-order valence-electron chi connectivity index (χ4n) is 1.83. The summed E-state index contributed by atoms with van der Waals surface area (Å²) >= 11 is 0. The maximum Gasteiger partial charge on any atom is 0.287 e. The van der Waals surface area contributed by atoms with Gasteiger partial charge in [-0.25, -0.2) is 0 Å². The van der Waals surface area contributed by atoms with Crippen molar-refractivity contribution in [1.29, 1.82) is 0 Å². The zero-order valence-electron chi connectivity index (χ0n) is 9.53. The Kier molecular flexibility index (Phi) is 4.00. The second-order valence-electron chi connectivity index (χ2n) is 4.10. The first-order valence-electron chi connectivity index (χ1n) is 5.27. The van der Waals surface area contributed by atoms with Gasteiger partial charge < -0.3 is 11.1 Å². The van der Waals surface area contributed by atoms with E-state index in [9.17, 15) is 14.4 Å². The van der Waals surface area contributed by atoms with Crippen LogP contribution in [-0.2, 0) is 14.4 Å². The second-order valence-corrected chi connectivity index (χ2v) is 4.10. The Balaban J connectivity index is 2.51. The quantitative estimate of drug-likeness (QED) is 0.580. The summed E-state index contributed by atoms with van der Waals surface area (Å²) in [7, 11) is 1.86. The van der Waals surface area contributed by atoms with Crippen LogP contribution in [0.1, 0.15) is 19.8 Å². The first kappa shape index (κ1) is 12.6. The number of Topliss-reactive ketones (excluding diaryl/α,β-unsaturated/α-hetero) is 1. The molecule has 0 aromatic heterocycles. The van der Waals surface area contributed by atoms with Crippen molar-refractivity contribution in [1.82, 2.24) is 10.2 Å². The summed E-state index contributed by atoms with van der Waals surface area (Å²) < 4.78 is 0. The molecule has 1 saturated heterocycles. The number of nitrogens with one attached hydrogen (secondary N) is 1. The van der Waals surface area contributed by atoms with E-state index in [0.29, 0.717) is 0 Å². The molecule has 90 valence electrons. The fraction of sp³-hybridized carbons (Fsp3) is 0.700. The molecule has 0 spiro atoms. The highest BCUT2D eigenvalue weighted by atomic mass is 16.2. The van der Waals surface area contributed by atoms with E-state index >= 15 is 0 Å². The van der Waals surface area contributed by atoms with Gasteiger partial charge in [-0.2, -0.15) is 0 Å². The van der Waals surface area contributed by atoms with Crippen molar-refractivity contribution in [2.75, 3.05) is 13.6 Å². The van der Waals surface area contributed by atoms with Crippen molar-refractivity contribution in [3.05, 3.63) is 0 Å². The van der Waals surface area contributed by atoms with Gasteiger partial charge in [0, 0.05) is 0 Å². The van der Waals surface area contributed by atoms with Gasteiger partial charge in [0.15, 0.2) is 0 Å². The largest absolute Gasteiger partial charge is 0.363 e. The molecular formula is C10H17N3O3. The Morgan fingerprint density at radius 2 is 2.06 bits per heavy atom. The molecule has 16 heavy (non-hydrogen) atoms. The Morgan fingerprint density at radius 3 is 2.50 bits per heavy atom. The molecule has 1 rings (SSSR count). The number of nitrogens with two attached hydrogens (primary N) is 1. The summed E-state index contributed by atoms with van der Waals surface area (Å²) in [4.78, 5) is 35.5. The van der Waals surface area contributed by atoms with E-state index in [1.165, 1.54) is 6.92 Å². The zero-order chi connectivity index (χ0) is 12.3. The minimum absolute atomic E-state index is 0.205. The molecule has 1 aliphatic rings. The highest BCUT2D eigenvalue weighted by Gasteiger charge is 2.30. The number of hydrogen-bond donors (Lipinski definition) is 2. The van der Waals surface area contributed by atoms with Crippen LogP contribution in [0.3, 0.4) is 0 Å². The molecule has 3 N–H and O–H groups in total. The van der Waals surface area contributed by atoms with Crippen LogP contribution in [0.4, 0.5) is 0 Å². The number of carbonyl (C=O) groups is 3. The van der Waals surface area contributed by atoms with Crippen LogP contribution < -0.4 is 11.1 Å². The molecule has 1 aliphatic heterocycles. The lowest BCUT2D eigenvalue weighted by molar-refractivity contribution is -0.138. The first-order valence-corrected chi connectivity index (χ1v) is 5.27. The van der Waals surface area contributed by atoms with Crippen LogP contribution >= 0.6 is 0 Å². The van der Waals surface area contributed by atoms with Gasteiger partial charge in [0.25, 0.3) is 5.91 Å². The van der Waals surface area contributed by atoms with E-state index in [1.807, 2.05) is 11.9 Å². The van der Waals surface area contributed by atoms with Crippen molar-refractivity contribution in [2.45, 2.75) is 31.8 Å². The smallest absolute Gasteiger partial charge is 0.287 e. The monoisotopic (exact) mass is 227 g/mol. The van der Waals surface area contributed by atoms with Crippen LogP contribution in [0.25, 0.3) is 0 Å². The predicted molar refractivity (Wildman–Crippen MR) is 57.5 cm³/mol. The van der Waals surface area contributed by atoms with Gasteiger partial charge >= 0.3 is 0 Å². The normalized spacial score (nSPS) is 22.8. The van der Waals surface area contributed by atoms with Gasteiger partial charge in [-0.3, -0.25) is 19.3 Å². The van der Waals surface area contributed by atoms with E-state index in [0.717, 1.165) is 19.4 Å². The van der Waals surface area contributed by atoms with Crippen LogP contribution in [0, 0.1) is 0 Å². The summed E-state index contributed by atoms with van der Waals surface area (Å²) in [6.45, 7) is 2.33. The molecule has 0 aliphatic carbocycles. The molecule has 2 amide bonds. The van der Waals surface area contributed by atoms with E-state index in [4.69, 9.17) is 5.73 Å². The van der Waals surface area contributed by atoms with Crippen LogP contribution in [-0.4, -0.2) is 48.2 Å². The van der Waals surface area contributed by atoms with Crippen molar-refractivity contribution >= 4 is 17.6 Å². The SMILES string of the molecule is CC(NC(=O)C1CCCN1C)C(=O)C(N)=O. The molecule has 2 atom stereocenters. The number of hydrogen-bond acceptors (Lipinski definition) is 4. The number of likely N-dealkylation sites (tertiary alicyclic amines) is 1. The van der Waals surface area contributed by atoms with Gasteiger partial charge in [0.05, 0.1) is 12.1 Å². The summed E-state index contributed by atoms with van der Waals surface area (Å²) in [5.74, 6) is -2.01. The standard InChI is InChI=1S/C10H17N3O3/c1-6(8(14)9(11)15)12-10(16)7-4-3-5-13(7)2/h6-7H,3-5H2,1-2H3,(H2,11,15)(H,12,16). The van der Waals surface area contributed by atoms with Crippen LogP contribution in [0.2, 0.25) is 0 Å².